The Morgan fingerprint density at radius 2 is 2.20 bits per heavy atom. The van der Waals surface area contributed by atoms with Gasteiger partial charge in [-0.15, -0.1) is 11.3 Å². The van der Waals surface area contributed by atoms with E-state index in [0.29, 0.717) is 24.0 Å². The van der Waals surface area contributed by atoms with Crippen LogP contribution in [0.4, 0.5) is 0 Å². The molecule has 2 heterocycles. The molecular formula is C13H20N2O3S2. The van der Waals surface area contributed by atoms with Gasteiger partial charge in [-0.2, -0.15) is 0 Å². The van der Waals surface area contributed by atoms with Crippen molar-refractivity contribution in [3.63, 3.8) is 0 Å². The Labute approximate surface area is 123 Å². The molecule has 2 aliphatic rings. The van der Waals surface area contributed by atoms with Crippen LogP contribution in [0.5, 0.6) is 0 Å². The van der Waals surface area contributed by atoms with E-state index in [0.717, 1.165) is 24.1 Å². The number of ether oxygens (including phenoxy) is 1. The molecule has 2 atom stereocenters. The minimum absolute atomic E-state index is 0.0659. The zero-order chi connectivity index (χ0) is 14.2. The molecule has 2 N–H and O–H groups in total. The van der Waals surface area contributed by atoms with E-state index >= 15 is 0 Å². The molecule has 0 amide bonds. The highest BCUT2D eigenvalue weighted by molar-refractivity contribution is 7.89. The lowest BCUT2D eigenvalue weighted by Gasteiger charge is -2.19. The predicted octanol–water partition coefficient (Wildman–Crippen LogP) is 1.31. The molecule has 2 fully saturated rings. The lowest BCUT2D eigenvalue weighted by Crippen LogP contribution is -2.41. The molecule has 1 aromatic rings. The SMILES string of the molecule is CNCc1sccc1S(=O)(=O)NC1CCOC1C1CC1. The first-order valence-electron chi connectivity index (χ1n) is 6.96. The van der Waals surface area contributed by atoms with Gasteiger partial charge in [0.05, 0.1) is 17.0 Å². The maximum absolute atomic E-state index is 12.5. The minimum Gasteiger partial charge on any atom is -0.376 e. The van der Waals surface area contributed by atoms with E-state index < -0.39 is 10.0 Å². The molecule has 1 aliphatic heterocycles. The van der Waals surface area contributed by atoms with Gasteiger partial charge in [-0.25, -0.2) is 13.1 Å². The molecule has 1 aromatic heterocycles. The third-order valence-corrected chi connectivity index (χ3v) is 6.48. The summed E-state index contributed by atoms with van der Waals surface area (Å²) in [5.41, 5.74) is 0. The van der Waals surface area contributed by atoms with Crippen molar-refractivity contribution in [3.8, 4) is 0 Å². The standard InChI is InChI=1S/C13H20N2O3S2/c1-14-8-11-12(5-7-19-11)20(16,17)15-10-4-6-18-13(10)9-2-3-9/h5,7,9-10,13-15H,2-4,6,8H2,1H3. The van der Waals surface area contributed by atoms with Crippen LogP contribution in [0.25, 0.3) is 0 Å². The van der Waals surface area contributed by atoms with Crippen LogP contribution >= 0.6 is 11.3 Å². The molecule has 1 saturated carbocycles. The fraction of sp³-hybridized carbons (Fsp3) is 0.692. The van der Waals surface area contributed by atoms with Crippen LogP contribution in [-0.4, -0.2) is 34.2 Å². The molecule has 0 spiro atoms. The summed E-state index contributed by atoms with van der Waals surface area (Å²) in [5, 5.41) is 4.83. The van der Waals surface area contributed by atoms with Gasteiger partial charge in [-0.3, -0.25) is 0 Å². The van der Waals surface area contributed by atoms with Crippen LogP contribution in [0.1, 0.15) is 24.1 Å². The average Bonchev–Trinajstić information content (AvgIpc) is 2.95. The highest BCUT2D eigenvalue weighted by Gasteiger charge is 2.42. The smallest absolute Gasteiger partial charge is 0.242 e. The van der Waals surface area contributed by atoms with E-state index in [1.807, 2.05) is 12.4 Å². The Kier molecular flexibility index (Phi) is 4.14. The quantitative estimate of drug-likeness (QED) is 0.830. The third kappa shape index (κ3) is 2.92. The van der Waals surface area contributed by atoms with Gasteiger partial charge in [0.25, 0.3) is 0 Å². The van der Waals surface area contributed by atoms with Crippen LogP contribution in [0, 0.1) is 5.92 Å². The van der Waals surface area contributed by atoms with Crippen LogP contribution < -0.4 is 10.0 Å². The number of sulfonamides is 1. The van der Waals surface area contributed by atoms with Crippen LogP contribution in [0.3, 0.4) is 0 Å². The first-order chi connectivity index (χ1) is 9.62. The molecule has 3 rings (SSSR count). The van der Waals surface area contributed by atoms with Crippen molar-refractivity contribution in [2.24, 2.45) is 5.92 Å². The summed E-state index contributed by atoms with van der Waals surface area (Å²) in [6.45, 7) is 1.22. The second kappa shape index (κ2) is 5.73. The summed E-state index contributed by atoms with van der Waals surface area (Å²) in [6, 6.07) is 1.61. The van der Waals surface area contributed by atoms with Gasteiger partial charge in [0.15, 0.2) is 0 Å². The van der Waals surface area contributed by atoms with Gasteiger partial charge in [0.2, 0.25) is 10.0 Å². The number of thiophene rings is 1. The van der Waals surface area contributed by atoms with E-state index in [9.17, 15) is 8.42 Å². The van der Waals surface area contributed by atoms with Crippen molar-refractivity contribution in [1.82, 2.24) is 10.0 Å². The molecule has 1 saturated heterocycles. The van der Waals surface area contributed by atoms with Crippen molar-refractivity contribution >= 4 is 21.4 Å². The van der Waals surface area contributed by atoms with Crippen molar-refractivity contribution < 1.29 is 13.2 Å². The van der Waals surface area contributed by atoms with Gasteiger partial charge in [0, 0.05) is 18.0 Å². The number of rotatable bonds is 6. The molecule has 0 aromatic carbocycles. The maximum Gasteiger partial charge on any atom is 0.242 e. The second-order valence-electron chi connectivity index (χ2n) is 5.43. The largest absolute Gasteiger partial charge is 0.376 e. The van der Waals surface area contributed by atoms with Gasteiger partial charge in [-0.1, -0.05) is 0 Å². The molecule has 7 heteroatoms. The third-order valence-electron chi connectivity index (χ3n) is 3.86. The number of hydrogen-bond acceptors (Lipinski definition) is 5. The van der Waals surface area contributed by atoms with Crippen LogP contribution in [0.15, 0.2) is 16.3 Å². The normalized spacial score (nSPS) is 27.1. The van der Waals surface area contributed by atoms with E-state index in [1.165, 1.54) is 11.3 Å². The zero-order valence-corrected chi connectivity index (χ0v) is 13.1. The van der Waals surface area contributed by atoms with Crippen molar-refractivity contribution in [2.75, 3.05) is 13.7 Å². The van der Waals surface area contributed by atoms with Crippen molar-refractivity contribution in [1.29, 1.82) is 0 Å². The fourth-order valence-corrected chi connectivity index (χ4v) is 5.48. The summed E-state index contributed by atoms with van der Waals surface area (Å²) >= 11 is 1.47. The predicted molar refractivity (Wildman–Crippen MR) is 78.3 cm³/mol. The summed E-state index contributed by atoms with van der Waals surface area (Å²) in [5.74, 6) is 0.546. The van der Waals surface area contributed by atoms with Gasteiger partial charge < -0.3 is 10.1 Å². The topological polar surface area (TPSA) is 67.4 Å². The van der Waals surface area contributed by atoms with Gasteiger partial charge in [-0.05, 0) is 43.7 Å². The monoisotopic (exact) mass is 316 g/mol. The number of nitrogens with one attached hydrogen (secondary N) is 2. The molecule has 2 unspecified atom stereocenters. The minimum atomic E-state index is -3.45. The summed E-state index contributed by atoms with van der Waals surface area (Å²) in [6.07, 6.45) is 3.15. The van der Waals surface area contributed by atoms with Crippen molar-refractivity contribution in [2.45, 2.75) is 42.8 Å². The van der Waals surface area contributed by atoms with Crippen LogP contribution in [-0.2, 0) is 21.3 Å². The Bertz CT molecular complexity index is 566. The highest BCUT2D eigenvalue weighted by atomic mass is 32.2. The first-order valence-corrected chi connectivity index (χ1v) is 9.33. The lowest BCUT2D eigenvalue weighted by atomic mass is 10.1. The van der Waals surface area contributed by atoms with E-state index in [4.69, 9.17) is 4.74 Å². The second-order valence-corrected chi connectivity index (χ2v) is 8.11. The molecule has 112 valence electrons. The molecular weight excluding hydrogens is 296 g/mol. The molecule has 20 heavy (non-hydrogen) atoms. The molecule has 0 bridgehead atoms. The Balaban J connectivity index is 1.76. The Hall–Kier alpha value is -0.470. The Morgan fingerprint density at radius 1 is 1.40 bits per heavy atom. The summed E-state index contributed by atoms with van der Waals surface area (Å²) in [7, 11) is -1.63. The zero-order valence-electron chi connectivity index (χ0n) is 11.5. The molecule has 5 nitrogen and oxygen atoms in total. The van der Waals surface area contributed by atoms with E-state index in [2.05, 4.69) is 10.0 Å². The first kappa shape index (κ1) is 14.5. The van der Waals surface area contributed by atoms with Crippen molar-refractivity contribution in [3.05, 3.63) is 16.3 Å². The highest BCUT2D eigenvalue weighted by Crippen LogP contribution is 2.39. The average molecular weight is 316 g/mol. The molecule has 1 aliphatic carbocycles. The summed E-state index contributed by atoms with van der Waals surface area (Å²) < 4.78 is 33.6. The fourth-order valence-electron chi connectivity index (χ4n) is 2.75. The lowest BCUT2D eigenvalue weighted by molar-refractivity contribution is 0.0848. The maximum atomic E-state index is 12.5. The van der Waals surface area contributed by atoms with Gasteiger partial charge in [0.1, 0.15) is 0 Å². The number of hydrogen-bond donors (Lipinski definition) is 2. The Morgan fingerprint density at radius 3 is 2.90 bits per heavy atom. The van der Waals surface area contributed by atoms with E-state index in [-0.39, 0.29) is 12.1 Å². The van der Waals surface area contributed by atoms with Crippen LogP contribution in [0.2, 0.25) is 0 Å². The van der Waals surface area contributed by atoms with E-state index in [1.54, 1.807) is 6.07 Å². The molecule has 0 radical (unpaired) electrons. The van der Waals surface area contributed by atoms with Gasteiger partial charge >= 0.3 is 0 Å². The summed E-state index contributed by atoms with van der Waals surface area (Å²) in [4.78, 5) is 1.25.